The van der Waals surface area contributed by atoms with Crippen LogP contribution in [-0.2, 0) is 0 Å². The quantitative estimate of drug-likeness (QED) is 0.798. The number of aromatic nitrogens is 4. The number of piperidine rings is 1. The van der Waals surface area contributed by atoms with Gasteiger partial charge in [-0.15, -0.1) is 0 Å². The van der Waals surface area contributed by atoms with Crippen molar-refractivity contribution in [3.05, 3.63) is 41.2 Å². The summed E-state index contributed by atoms with van der Waals surface area (Å²) < 4.78 is 15.1. The molecule has 1 aliphatic heterocycles. The Balaban J connectivity index is 1.50. The maximum absolute atomic E-state index is 15.1. The Morgan fingerprint density at radius 2 is 1.89 bits per heavy atom. The van der Waals surface area contributed by atoms with Gasteiger partial charge in [-0.05, 0) is 26.2 Å². The summed E-state index contributed by atoms with van der Waals surface area (Å²) in [7, 11) is 0. The average molecular weight is 391 g/mol. The highest BCUT2D eigenvalue weighted by Gasteiger charge is 2.44. The van der Waals surface area contributed by atoms with Gasteiger partial charge in [0.05, 0.1) is 41.9 Å². The summed E-state index contributed by atoms with van der Waals surface area (Å²) >= 11 is 5.82. The Morgan fingerprint density at radius 1 is 1.15 bits per heavy atom. The lowest BCUT2D eigenvalue weighted by atomic mass is 10.0. The van der Waals surface area contributed by atoms with E-state index in [1.165, 1.54) is 18.6 Å². The molecule has 142 valence electrons. The second-order valence-electron chi connectivity index (χ2n) is 7.01. The molecule has 1 saturated heterocycles. The predicted octanol–water partition coefficient (Wildman–Crippen LogP) is 2.45. The van der Waals surface area contributed by atoms with Gasteiger partial charge >= 0.3 is 0 Å². The highest BCUT2D eigenvalue weighted by molar-refractivity contribution is 6.30. The Hall–Kier alpha value is -2.35. The van der Waals surface area contributed by atoms with Crippen LogP contribution < -0.4 is 4.90 Å². The van der Waals surface area contributed by atoms with E-state index in [4.69, 9.17) is 11.6 Å². The van der Waals surface area contributed by atoms with Crippen molar-refractivity contribution in [2.45, 2.75) is 44.4 Å². The van der Waals surface area contributed by atoms with Crippen LogP contribution >= 0.6 is 11.6 Å². The molecule has 2 atom stereocenters. The number of hydrogen-bond donors (Lipinski definition) is 0. The lowest BCUT2D eigenvalue weighted by molar-refractivity contribution is 0.0480. The van der Waals surface area contributed by atoms with E-state index in [0.29, 0.717) is 23.9 Å². The number of nitrogens with zero attached hydrogens (tertiary/aromatic N) is 6. The van der Waals surface area contributed by atoms with Crippen LogP contribution in [0.4, 0.5) is 10.3 Å². The molecule has 4 rings (SSSR count). The van der Waals surface area contributed by atoms with E-state index in [-0.39, 0.29) is 24.2 Å². The van der Waals surface area contributed by atoms with Crippen LogP contribution in [0.1, 0.15) is 35.4 Å². The molecule has 0 radical (unpaired) electrons. The van der Waals surface area contributed by atoms with Crippen molar-refractivity contribution in [1.29, 1.82) is 0 Å². The lowest BCUT2D eigenvalue weighted by Gasteiger charge is -2.40. The maximum Gasteiger partial charge on any atom is 0.274 e. The van der Waals surface area contributed by atoms with Crippen LogP contribution in [0.5, 0.6) is 0 Å². The molecule has 1 saturated carbocycles. The molecule has 2 fully saturated rings. The molecule has 2 aliphatic rings. The van der Waals surface area contributed by atoms with E-state index >= 15 is 4.39 Å². The molecule has 0 spiro atoms. The first kappa shape index (κ1) is 18.0. The summed E-state index contributed by atoms with van der Waals surface area (Å²) in [5.74, 6) is 0.211. The van der Waals surface area contributed by atoms with Gasteiger partial charge in [-0.3, -0.25) is 9.78 Å². The van der Waals surface area contributed by atoms with Crippen molar-refractivity contribution < 1.29 is 9.18 Å². The van der Waals surface area contributed by atoms with Gasteiger partial charge in [0.1, 0.15) is 11.9 Å². The van der Waals surface area contributed by atoms with Crippen LogP contribution in [-0.4, -0.2) is 62.1 Å². The van der Waals surface area contributed by atoms with Crippen LogP contribution in [0.3, 0.4) is 0 Å². The van der Waals surface area contributed by atoms with Gasteiger partial charge in [0.15, 0.2) is 0 Å². The summed E-state index contributed by atoms with van der Waals surface area (Å²) in [6.07, 6.45) is 7.15. The molecule has 2 aromatic heterocycles. The number of halogens is 2. The standard InChI is InChI=1S/C18H20ClFN6O/c1-11-6-22-15(9-21-11)17(27)26(13-2-3-13)16-4-5-25(10-14(16)20)18-23-7-12(19)8-24-18/h6-9,13-14,16H,2-5,10H2,1H3/t14-,16+/m0/s1. The van der Waals surface area contributed by atoms with E-state index in [1.807, 2.05) is 6.92 Å². The van der Waals surface area contributed by atoms with E-state index in [9.17, 15) is 4.79 Å². The summed E-state index contributed by atoms with van der Waals surface area (Å²) in [5, 5.41) is 0.440. The molecule has 0 bridgehead atoms. The predicted molar refractivity (Wildman–Crippen MR) is 98.5 cm³/mol. The molecule has 7 nitrogen and oxygen atoms in total. The van der Waals surface area contributed by atoms with Gasteiger partial charge in [-0.25, -0.2) is 19.3 Å². The number of amides is 1. The van der Waals surface area contributed by atoms with Crippen LogP contribution in [0, 0.1) is 6.92 Å². The fourth-order valence-corrected chi connectivity index (χ4v) is 3.53. The Bertz CT molecular complexity index is 814. The van der Waals surface area contributed by atoms with Crippen molar-refractivity contribution in [3.8, 4) is 0 Å². The Kier molecular flexibility index (Phi) is 4.90. The summed E-state index contributed by atoms with van der Waals surface area (Å²) in [6.45, 7) is 2.53. The van der Waals surface area contributed by atoms with Crippen molar-refractivity contribution in [3.63, 3.8) is 0 Å². The number of carbonyl (C=O) groups is 1. The first-order chi connectivity index (χ1) is 13.0. The van der Waals surface area contributed by atoms with Crippen molar-refractivity contribution in [2.24, 2.45) is 0 Å². The van der Waals surface area contributed by atoms with E-state index in [1.54, 1.807) is 16.0 Å². The molecular formula is C18H20ClFN6O. The Morgan fingerprint density at radius 3 is 2.48 bits per heavy atom. The number of alkyl halides is 1. The molecule has 0 N–H and O–H groups in total. The van der Waals surface area contributed by atoms with E-state index < -0.39 is 12.2 Å². The minimum Gasteiger partial charge on any atom is -0.338 e. The largest absolute Gasteiger partial charge is 0.338 e. The van der Waals surface area contributed by atoms with E-state index in [2.05, 4.69) is 19.9 Å². The fourth-order valence-electron chi connectivity index (χ4n) is 3.43. The van der Waals surface area contributed by atoms with Crippen LogP contribution in [0.15, 0.2) is 24.8 Å². The zero-order chi connectivity index (χ0) is 19.0. The maximum atomic E-state index is 15.1. The summed E-state index contributed by atoms with van der Waals surface area (Å²) in [4.78, 5) is 33.1. The summed E-state index contributed by atoms with van der Waals surface area (Å²) in [6, 6.07) is -0.390. The van der Waals surface area contributed by atoms with Gasteiger partial charge < -0.3 is 9.80 Å². The number of rotatable bonds is 4. The van der Waals surface area contributed by atoms with Crippen molar-refractivity contribution in [1.82, 2.24) is 24.8 Å². The molecule has 3 heterocycles. The molecule has 2 aromatic rings. The highest BCUT2D eigenvalue weighted by Crippen LogP contribution is 2.34. The second kappa shape index (κ2) is 7.34. The Labute approximate surface area is 161 Å². The highest BCUT2D eigenvalue weighted by atomic mass is 35.5. The molecule has 0 unspecified atom stereocenters. The number of aryl methyl sites for hydroxylation is 1. The summed E-state index contributed by atoms with van der Waals surface area (Å²) in [5.41, 5.74) is 1.01. The SMILES string of the molecule is Cc1cnc(C(=O)N(C2CC2)[C@@H]2CCN(c3ncc(Cl)cn3)C[C@@H]2F)cn1. The van der Waals surface area contributed by atoms with Crippen molar-refractivity contribution in [2.75, 3.05) is 18.0 Å². The minimum atomic E-state index is -1.19. The minimum absolute atomic E-state index is 0.0854. The zero-order valence-corrected chi connectivity index (χ0v) is 15.7. The van der Waals surface area contributed by atoms with Gasteiger partial charge in [0.2, 0.25) is 5.95 Å². The third-order valence-electron chi connectivity index (χ3n) is 4.93. The first-order valence-electron chi connectivity index (χ1n) is 9.01. The van der Waals surface area contributed by atoms with Crippen LogP contribution in [0.2, 0.25) is 5.02 Å². The van der Waals surface area contributed by atoms with E-state index in [0.717, 1.165) is 18.5 Å². The first-order valence-corrected chi connectivity index (χ1v) is 9.38. The normalized spacial score (nSPS) is 22.6. The number of hydrogen-bond acceptors (Lipinski definition) is 6. The van der Waals surface area contributed by atoms with Crippen molar-refractivity contribution >= 4 is 23.5 Å². The van der Waals surface area contributed by atoms with Gasteiger partial charge in [-0.1, -0.05) is 11.6 Å². The molecular weight excluding hydrogens is 371 g/mol. The molecule has 1 aliphatic carbocycles. The molecule has 1 amide bonds. The van der Waals surface area contributed by atoms with Gasteiger partial charge in [0, 0.05) is 18.8 Å². The number of anilines is 1. The topological polar surface area (TPSA) is 75.1 Å². The fraction of sp³-hybridized carbons (Fsp3) is 0.500. The smallest absolute Gasteiger partial charge is 0.274 e. The number of carbonyl (C=O) groups excluding carboxylic acids is 1. The third kappa shape index (κ3) is 3.85. The third-order valence-corrected chi connectivity index (χ3v) is 5.12. The zero-order valence-electron chi connectivity index (χ0n) is 14.9. The molecule has 9 heteroatoms. The van der Waals surface area contributed by atoms with Crippen LogP contribution in [0.25, 0.3) is 0 Å². The average Bonchev–Trinajstić information content (AvgIpc) is 3.49. The second-order valence-corrected chi connectivity index (χ2v) is 7.44. The molecule has 27 heavy (non-hydrogen) atoms. The van der Waals surface area contributed by atoms with Gasteiger partial charge in [0.25, 0.3) is 5.91 Å². The molecule has 0 aromatic carbocycles. The lowest BCUT2D eigenvalue weighted by Crippen LogP contribution is -2.55. The monoisotopic (exact) mass is 390 g/mol. The van der Waals surface area contributed by atoms with Gasteiger partial charge in [-0.2, -0.15) is 0 Å².